The summed E-state index contributed by atoms with van der Waals surface area (Å²) in [6, 6.07) is 11.7. The molecule has 0 aliphatic heterocycles. The lowest BCUT2D eigenvalue weighted by atomic mass is 10.0. The van der Waals surface area contributed by atoms with Crippen molar-refractivity contribution in [2.45, 2.75) is 19.8 Å². The van der Waals surface area contributed by atoms with Gasteiger partial charge in [-0.05, 0) is 29.7 Å². The zero-order chi connectivity index (χ0) is 19.5. The lowest BCUT2D eigenvalue weighted by Gasteiger charge is -2.11. The number of nitrogens with zero attached hydrogens (tertiary/aromatic N) is 1. The maximum Gasteiger partial charge on any atom is 0.329 e. The van der Waals surface area contributed by atoms with Crippen molar-refractivity contribution in [2.75, 3.05) is 26.9 Å². The van der Waals surface area contributed by atoms with Gasteiger partial charge in [0.2, 0.25) is 0 Å². The number of hydrazone groups is 1. The molecule has 0 spiro atoms. The van der Waals surface area contributed by atoms with Crippen molar-refractivity contribution in [3.63, 3.8) is 0 Å². The van der Waals surface area contributed by atoms with Gasteiger partial charge in [0.15, 0.2) is 0 Å². The molecule has 7 nitrogen and oxygen atoms in total. The number of hydrogen-bond acceptors (Lipinski definition) is 5. The summed E-state index contributed by atoms with van der Waals surface area (Å²) in [5.41, 5.74) is 3.00. The molecule has 2 N–H and O–H groups in total. The van der Waals surface area contributed by atoms with E-state index in [0.717, 1.165) is 22.8 Å². The fourth-order valence-corrected chi connectivity index (χ4v) is 2.45. The molecule has 2 aromatic rings. The monoisotopic (exact) mass is 371 g/mol. The van der Waals surface area contributed by atoms with Gasteiger partial charge in [0.05, 0.1) is 12.8 Å². The molecule has 0 radical (unpaired) electrons. The molecule has 0 heterocycles. The number of hydrogen-bond donors (Lipinski definition) is 2. The van der Waals surface area contributed by atoms with E-state index in [1.165, 1.54) is 6.21 Å². The summed E-state index contributed by atoms with van der Waals surface area (Å²) in [6.45, 7) is 3.49. The molecule has 0 unspecified atom stereocenters. The van der Waals surface area contributed by atoms with Crippen LogP contribution < -0.4 is 15.5 Å². The minimum atomic E-state index is -0.820. The largest absolute Gasteiger partial charge is 0.493 e. The van der Waals surface area contributed by atoms with Gasteiger partial charge in [0, 0.05) is 25.8 Å². The van der Waals surface area contributed by atoms with Gasteiger partial charge in [0.25, 0.3) is 0 Å². The van der Waals surface area contributed by atoms with Gasteiger partial charge in [-0.1, -0.05) is 37.3 Å². The molecule has 0 saturated heterocycles. The first-order valence-corrected chi connectivity index (χ1v) is 8.92. The Morgan fingerprint density at radius 3 is 2.70 bits per heavy atom. The van der Waals surface area contributed by atoms with E-state index in [2.05, 4.69) is 15.8 Å². The van der Waals surface area contributed by atoms with Crippen molar-refractivity contribution in [1.29, 1.82) is 0 Å². The Hall–Kier alpha value is -2.93. The molecular weight excluding hydrogens is 346 g/mol. The van der Waals surface area contributed by atoms with Crippen molar-refractivity contribution in [3.8, 4) is 5.75 Å². The Bertz CT molecular complexity index is 805. The molecule has 0 atom stereocenters. The van der Waals surface area contributed by atoms with E-state index in [4.69, 9.17) is 9.47 Å². The molecule has 2 rings (SSSR count). The van der Waals surface area contributed by atoms with Crippen molar-refractivity contribution in [2.24, 2.45) is 5.10 Å². The quantitative estimate of drug-likeness (QED) is 0.306. The van der Waals surface area contributed by atoms with Crippen LogP contribution in [0.2, 0.25) is 0 Å². The van der Waals surface area contributed by atoms with Crippen LogP contribution in [0.25, 0.3) is 10.8 Å². The third-order valence-electron chi connectivity index (χ3n) is 3.77. The van der Waals surface area contributed by atoms with Crippen LogP contribution in [0.1, 0.15) is 25.3 Å². The second kappa shape index (κ2) is 10.9. The number of nitrogens with one attached hydrogen (secondary N) is 2. The SMILES string of the molecule is CCCOc1ccc2ccccc2c1/C=N\NC(=O)C(=O)NCCCOC. The summed E-state index contributed by atoms with van der Waals surface area (Å²) in [6.07, 6.45) is 3.01. The van der Waals surface area contributed by atoms with Crippen LogP contribution in [0.5, 0.6) is 5.75 Å². The summed E-state index contributed by atoms with van der Waals surface area (Å²) >= 11 is 0. The van der Waals surface area contributed by atoms with Crippen molar-refractivity contribution >= 4 is 28.8 Å². The van der Waals surface area contributed by atoms with Gasteiger partial charge < -0.3 is 14.8 Å². The lowest BCUT2D eigenvalue weighted by molar-refractivity contribution is -0.139. The second-order valence-corrected chi connectivity index (χ2v) is 5.85. The standard InChI is InChI=1S/C20H25N3O4/c1-3-12-27-18-10-9-15-7-4-5-8-16(15)17(18)14-22-23-20(25)19(24)21-11-6-13-26-2/h4-5,7-10,14H,3,6,11-13H2,1-2H3,(H,21,24)(H,23,25)/b22-14-. The van der Waals surface area contributed by atoms with Gasteiger partial charge >= 0.3 is 11.8 Å². The summed E-state index contributed by atoms with van der Waals surface area (Å²) in [7, 11) is 1.58. The first-order chi connectivity index (χ1) is 13.2. The van der Waals surface area contributed by atoms with E-state index in [0.29, 0.717) is 31.9 Å². The highest BCUT2D eigenvalue weighted by atomic mass is 16.5. The number of amides is 2. The van der Waals surface area contributed by atoms with Crippen molar-refractivity contribution < 1.29 is 19.1 Å². The van der Waals surface area contributed by atoms with E-state index in [1.54, 1.807) is 7.11 Å². The molecule has 0 aromatic heterocycles. The van der Waals surface area contributed by atoms with Crippen molar-refractivity contribution in [1.82, 2.24) is 10.7 Å². The fourth-order valence-electron chi connectivity index (χ4n) is 2.45. The van der Waals surface area contributed by atoms with E-state index >= 15 is 0 Å². The highest BCUT2D eigenvalue weighted by Crippen LogP contribution is 2.26. The van der Waals surface area contributed by atoms with E-state index < -0.39 is 11.8 Å². The Morgan fingerprint density at radius 1 is 1.11 bits per heavy atom. The van der Waals surface area contributed by atoms with Crippen LogP contribution in [0, 0.1) is 0 Å². The van der Waals surface area contributed by atoms with Gasteiger partial charge in [-0.25, -0.2) is 5.43 Å². The molecule has 0 fully saturated rings. The van der Waals surface area contributed by atoms with E-state index in [1.807, 2.05) is 43.3 Å². The Labute approximate surface area is 158 Å². The second-order valence-electron chi connectivity index (χ2n) is 5.85. The van der Waals surface area contributed by atoms with Crippen LogP contribution in [0.15, 0.2) is 41.5 Å². The normalized spacial score (nSPS) is 10.9. The zero-order valence-corrected chi connectivity index (χ0v) is 15.7. The first-order valence-electron chi connectivity index (χ1n) is 8.92. The topological polar surface area (TPSA) is 89.0 Å². The van der Waals surface area contributed by atoms with Crippen LogP contribution in [-0.4, -0.2) is 44.9 Å². The number of benzene rings is 2. The highest BCUT2D eigenvalue weighted by molar-refractivity contribution is 6.35. The molecule has 0 aliphatic carbocycles. The molecule has 144 valence electrons. The van der Waals surface area contributed by atoms with Crippen LogP contribution in [0.3, 0.4) is 0 Å². The molecule has 0 bridgehead atoms. The average Bonchev–Trinajstić information content (AvgIpc) is 2.70. The van der Waals surface area contributed by atoms with Crippen LogP contribution in [0.4, 0.5) is 0 Å². The Morgan fingerprint density at radius 2 is 1.93 bits per heavy atom. The number of ether oxygens (including phenoxy) is 2. The minimum Gasteiger partial charge on any atom is -0.493 e. The molecule has 0 aliphatic rings. The first kappa shape index (κ1) is 20.4. The minimum absolute atomic E-state index is 0.363. The number of carbonyl (C=O) groups excluding carboxylic acids is 2. The van der Waals surface area contributed by atoms with Gasteiger partial charge in [-0.15, -0.1) is 0 Å². The van der Waals surface area contributed by atoms with E-state index in [-0.39, 0.29) is 0 Å². The fraction of sp³-hybridized carbons (Fsp3) is 0.350. The highest BCUT2D eigenvalue weighted by Gasteiger charge is 2.12. The smallest absolute Gasteiger partial charge is 0.329 e. The number of rotatable bonds is 9. The van der Waals surface area contributed by atoms with Gasteiger partial charge in [-0.3, -0.25) is 9.59 Å². The van der Waals surface area contributed by atoms with E-state index in [9.17, 15) is 9.59 Å². The third kappa shape index (κ3) is 6.07. The molecular formula is C20H25N3O4. The maximum atomic E-state index is 11.8. The number of carbonyl (C=O) groups is 2. The number of methoxy groups -OCH3 is 1. The summed E-state index contributed by atoms with van der Waals surface area (Å²) < 4.78 is 10.7. The summed E-state index contributed by atoms with van der Waals surface area (Å²) in [4.78, 5) is 23.5. The predicted molar refractivity (Wildman–Crippen MR) is 105 cm³/mol. The summed E-state index contributed by atoms with van der Waals surface area (Å²) in [5.74, 6) is -0.874. The van der Waals surface area contributed by atoms with Gasteiger partial charge in [-0.2, -0.15) is 5.10 Å². The van der Waals surface area contributed by atoms with Crippen LogP contribution >= 0.6 is 0 Å². The average molecular weight is 371 g/mol. The molecule has 7 heteroatoms. The number of fused-ring (bicyclic) bond motifs is 1. The lowest BCUT2D eigenvalue weighted by Crippen LogP contribution is -2.38. The Balaban J connectivity index is 2.07. The molecule has 2 amide bonds. The predicted octanol–water partition coefficient (Wildman–Crippen LogP) is 2.23. The van der Waals surface area contributed by atoms with Crippen LogP contribution in [-0.2, 0) is 14.3 Å². The molecule has 0 saturated carbocycles. The zero-order valence-electron chi connectivity index (χ0n) is 15.7. The van der Waals surface area contributed by atoms with Gasteiger partial charge in [0.1, 0.15) is 5.75 Å². The Kier molecular flexibility index (Phi) is 8.25. The molecule has 27 heavy (non-hydrogen) atoms. The van der Waals surface area contributed by atoms with Crippen molar-refractivity contribution in [3.05, 3.63) is 42.0 Å². The maximum absolute atomic E-state index is 11.8. The molecule has 2 aromatic carbocycles. The third-order valence-corrected chi connectivity index (χ3v) is 3.77. The summed E-state index contributed by atoms with van der Waals surface area (Å²) in [5, 5.41) is 8.43.